The Morgan fingerprint density at radius 1 is 1.56 bits per heavy atom. The van der Waals surface area contributed by atoms with Crippen molar-refractivity contribution in [3.8, 4) is 0 Å². The highest BCUT2D eigenvalue weighted by Crippen LogP contribution is 2.10. The van der Waals surface area contributed by atoms with Crippen molar-refractivity contribution in [1.82, 2.24) is 14.8 Å². The van der Waals surface area contributed by atoms with Crippen molar-refractivity contribution in [2.24, 2.45) is 7.05 Å². The molecule has 0 saturated carbocycles. The average molecular weight is 249 g/mol. The van der Waals surface area contributed by atoms with Crippen molar-refractivity contribution in [3.63, 3.8) is 0 Å². The molecule has 1 atom stereocenters. The van der Waals surface area contributed by atoms with Gasteiger partial charge >= 0.3 is 0 Å². The molecule has 1 fully saturated rings. The molecule has 1 aliphatic heterocycles. The van der Waals surface area contributed by atoms with E-state index in [4.69, 9.17) is 0 Å². The van der Waals surface area contributed by atoms with E-state index in [-0.39, 0.29) is 17.7 Å². The van der Waals surface area contributed by atoms with Crippen LogP contribution in [0, 0.1) is 0 Å². The molecule has 0 bridgehead atoms. The third-order valence-corrected chi connectivity index (χ3v) is 3.40. The summed E-state index contributed by atoms with van der Waals surface area (Å²) in [5, 5.41) is 2.84. The van der Waals surface area contributed by atoms with E-state index in [2.05, 4.69) is 5.32 Å². The Morgan fingerprint density at radius 2 is 2.33 bits per heavy atom. The third-order valence-electron chi connectivity index (χ3n) is 3.40. The van der Waals surface area contributed by atoms with Crippen LogP contribution in [0.25, 0.3) is 0 Å². The van der Waals surface area contributed by atoms with Crippen LogP contribution in [-0.4, -0.2) is 46.8 Å². The lowest BCUT2D eigenvalue weighted by molar-refractivity contribution is -0.128. The molecule has 18 heavy (non-hydrogen) atoms. The van der Waals surface area contributed by atoms with E-state index in [0.29, 0.717) is 18.8 Å². The van der Waals surface area contributed by atoms with Crippen molar-refractivity contribution in [2.75, 3.05) is 19.6 Å². The van der Waals surface area contributed by atoms with Gasteiger partial charge < -0.3 is 9.88 Å². The second-order valence-corrected chi connectivity index (χ2v) is 4.61. The van der Waals surface area contributed by atoms with Crippen LogP contribution in [0.3, 0.4) is 0 Å². The van der Waals surface area contributed by atoms with Crippen molar-refractivity contribution in [3.05, 3.63) is 24.0 Å². The fourth-order valence-electron chi connectivity index (χ4n) is 2.41. The average Bonchev–Trinajstić information content (AvgIpc) is 2.76. The van der Waals surface area contributed by atoms with Gasteiger partial charge in [-0.3, -0.25) is 14.5 Å². The number of aromatic nitrogens is 1. The van der Waals surface area contributed by atoms with Crippen molar-refractivity contribution >= 4 is 11.7 Å². The van der Waals surface area contributed by atoms with E-state index < -0.39 is 0 Å². The lowest BCUT2D eigenvalue weighted by atomic mass is 10.1. The zero-order valence-electron chi connectivity index (χ0n) is 10.8. The van der Waals surface area contributed by atoms with Gasteiger partial charge in [0.2, 0.25) is 5.91 Å². The first kappa shape index (κ1) is 12.8. The molecule has 1 aromatic rings. The van der Waals surface area contributed by atoms with E-state index in [9.17, 15) is 9.59 Å². The zero-order valence-corrected chi connectivity index (χ0v) is 10.8. The number of aryl methyl sites for hydroxylation is 1. The summed E-state index contributed by atoms with van der Waals surface area (Å²) in [6.45, 7) is 3.63. The second-order valence-electron chi connectivity index (χ2n) is 4.61. The van der Waals surface area contributed by atoms with Gasteiger partial charge in [-0.25, -0.2) is 0 Å². The number of nitrogens with one attached hydrogen (secondary N) is 1. The minimum atomic E-state index is -0.178. The van der Waals surface area contributed by atoms with Crippen LogP contribution in [0.4, 0.5) is 0 Å². The molecule has 1 saturated heterocycles. The SMILES string of the molecule is CCC1C(=O)NCCN1CC(=O)c1cccn1C. The number of nitrogens with zero attached hydrogens (tertiary/aromatic N) is 2. The van der Waals surface area contributed by atoms with Crippen LogP contribution in [0.5, 0.6) is 0 Å². The Balaban J connectivity index is 2.06. The molecule has 1 aliphatic rings. The molecule has 0 radical (unpaired) electrons. The summed E-state index contributed by atoms with van der Waals surface area (Å²) < 4.78 is 1.81. The monoisotopic (exact) mass is 249 g/mol. The molecule has 0 aromatic carbocycles. The van der Waals surface area contributed by atoms with Crippen LogP contribution in [-0.2, 0) is 11.8 Å². The lowest BCUT2D eigenvalue weighted by Gasteiger charge is -2.33. The van der Waals surface area contributed by atoms with Gasteiger partial charge in [0.25, 0.3) is 0 Å². The largest absolute Gasteiger partial charge is 0.353 e. The van der Waals surface area contributed by atoms with E-state index in [1.165, 1.54) is 0 Å². The van der Waals surface area contributed by atoms with Crippen LogP contribution >= 0.6 is 0 Å². The number of hydrogen-bond donors (Lipinski definition) is 1. The molecule has 0 aliphatic carbocycles. The Labute approximate surface area is 107 Å². The van der Waals surface area contributed by atoms with Gasteiger partial charge in [0, 0.05) is 26.3 Å². The molecule has 5 heteroatoms. The normalized spacial score (nSPS) is 20.8. The summed E-state index contributed by atoms with van der Waals surface area (Å²) in [6.07, 6.45) is 2.58. The summed E-state index contributed by atoms with van der Waals surface area (Å²) in [7, 11) is 1.85. The van der Waals surface area contributed by atoms with Crippen molar-refractivity contribution in [1.29, 1.82) is 0 Å². The fraction of sp³-hybridized carbons (Fsp3) is 0.538. The highest BCUT2D eigenvalue weighted by atomic mass is 16.2. The summed E-state index contributed by atoms with van der Waals surface area (Å²) in [5.74, 6) is 0.0964. The third kappa shape index (κ3) is 2.46. The maximum Gasteiger partial charge on any atom is 0.237 e. The molecule has 98 valence electrons. The van der Waals surface area contributed by atoms with Gasteiger partial charge in [-0.05, 0) is 18.6 Å². The minimum Gasteiger partial charge on any atom is -0.353 e. The van der Waals surface area contributed by atoms with Crippen LogP contribution < -0.4 is 5.32 Å². The summed E-state index contributed by atoms with van der Waals surface area (Å²) in [4.78, 5) is 25.8. The van der Waals surface area contributed by atoms with Crippen LogP contribution in [0.1, 0.15) is 23.8 Å². The summed E-state index contributed by atoms with van der Waals surface area (Å²) >= 11 is 0. The molecule has 1 unspecified atom stereocenters. The minimum absolute atomic E-state index is 0.0310. The highest BCUT2D eigenvalue weighted by molar-refractivity contribution is 5.96. The van der Waals surface area contributed by atoms with Crippen molar-refractivity contribution < 1.29 is 9.59 Å². The predicted molar refractivity (Wildman–Crippen MR) is 68.4 cm³/mol. The number of amides is 1. The number of hydrogen-bond acceptors (Lipinski definition) is 3. The van der Waals surface area contributed by atoms with Crippen LogP contribution in [0.15, 0.2) is 18.3 Å². The Morgan fingerprint density at radius 3 is 2.94 bits per heavy atom. The molecule has 0 spiro atoms. The Kier molecular flexibility index (Phi) is 3.81. The van der Waals surface area contributed by atoms with E-state index in [0.717, 1.165) is 13.0 Å². The maximum absolute atomic E-state index is 12.2. The molecule has 1 aromatic heterocycles. The Hall–Kier alpha value is -1.62. The first-order valence-corrected chi connectivity index (χ1v) is 6.29. The number of carbonyl (C=O) groups excluding carboxylic acids is 2. The quantitative estimate of drug-likeness (QED) is 0.787. The van der Waals surface area contributed by atoms with Gasteiger partial charge in [0.15, 0.2) is 5.78 Å². The molecular weight excluding hydrogens is 230 g/mol. The number of Topliss-reactive ketones (excluding diaryl/α,β-unsaturated/α-hetero) is 1. The number of rotatable bonds is 4. The maximum atomic E-state index is 12.2. The number of carbonyl (C=O) groups is 2. The van der Waals surface area contributed by atoms with Gasteiger partial charge in [0.1, 0.15) is 0 Å². The summed E-state index contributed by atoms with van der Waals surface area (Å²) in [6, 6.07) is 3.49. The topological polar surface area (TPSA) is 54.3 Å². The molecule has 2 heterocycles. The first-order chi connectivity index (χ1) is 8.63. The van der Waals surface area contributed by atoms with Gasteiger partial charge in [0.05, 0.1) is 18.3 Å². The molecule has 1 N–H and O–H groups in total. The second kappa shape index (κ2) is 5.35. The van der Waals surface area contributed by atoms with Gasteiger partial charge in [-0.2, -0.15) is 0 Å². The number of ketones is 1. The van der Waals surface area contributed by atoms with Crippen LogP contribution in [0.2, 0.25) is 0 Å². The smallest absolute Gasteiger partial charge is 0.237 e. The zero-order chi connectivity index (χ0) is 13.1. The van der Waals surface area contributed by atoms with E-state index in [1.807, 2.05) is 41.8 Å². The molecule has 5 nitrogen and oxygen atoms in total. The molecule has 1 amide bonds. The predicted octanol–water partition coefficient (Wildman–Crippen LogP) is 0.418. The highest BCUT2D eigenvalue weighted by Gasteiger charge is 2.29. The number of piperazine rings is 1. The molecular formula is C13H19N3O2. The van der Waals surface area contributed by atoms with E-state index >= 15 is 0 Å². The Bertz CT molecular complexity index is 453. The molecule has 2 rings (SSSR count). The van der Waals surface area contributed by atoms with Crippen molar-refractivity contribution in [2.45, 2.75) is 19.4 Å². The summed E-state index contributed by atoms with van der Waals surface area (Å²) in [5.41, 5.74) is 0.691. The van der Waals surface area contributed by atoms with E-state index in [1.54, 1.807) is 0 Å². The first-order valence-electron chi connectivity index (χ1n) is 6.29. The fourth-order valence-corrected chi connectivity index (χ4v) is 2.41. The lowest BCUT2D eigenvalue weighted by Crippen LogP contribution is -2.56. The van der Waals surface area contributed by atoms with Gasteiger partial charge in [-0.15, -0.1) is 0 Å². The van der Waals surface area contributed by atoms with Gasteiger partial charge in [-0.1, -0.05) is 6.92 Å². The standard InChI is InChI=1S/C13H19N3O2/c1-3-10-13(18)14-6-8-16(10)9-12(17)11-5-4-7-15(11)2/h4-5,7,10H,3,6,8-9H2,1-2H3,(H,14,18).